The smallest absolute Gasteiger partial charge is 0.202 e. The quantitative estimate of drug-likeness (QED) is 0.0696. The van der Waals surface area contributed by atoms with Crippen molar-refractivity contribution in [3.63, 3.8) is 0 Å². The minimum absolute atomic E-state index is 0.0575. The number of benzene rings is 5. The van der Waals surface area contributed by atoms with Gasteiger partial charge in [-0.1, -0.05) is 48.5 Å². The van der Waals surface area contributed by atoms with E-state index in [4.69, 9.17) is 28.4 Å². The molecule has 442 valence electrons. The van der Waals surface area contributed by atoms with Gasteiger partial charge in [0.1, 0.15) is 83.1 Å². The van der Waals surface area contributed by atoms with Crippen LogP contribution in [0.25, 0.3) is 0 Å². The highest BCUT2D eigenvalue weighted by atomic mass is 16.7. The summed E-state index contributed by atoms with van der Waals surface area (Å²) in [5.41, 5.74) is -5.09. The Kier molecular flexibility index (Phi) is 15.2. The van der Waals surface area contributed by atoms with Crippen LogP contribution in [0.4, 0.5) is 0 Å². The Morgan fingerprint density at radius 2 is 0.905 bits per heavy atom. The molecule has 0 amide bonds. The first-order chi connectivity index (χ1) is 39.9. The van der Waals surface area contributed by atoms with Crippen molar-refractivity contribution in [2.45, 2.75) is 152 Å². The zero-order chi connectivity index (χ0) is 60.2. The number of hydrogen-bond donors (Lipinski definition) is 10. The molecule has 12 N–H and O–H groups in total. The second kappa shape index (κ2) is 21.9. The number of quaternary nitrogens is 2. The molecule has 0 radical (unpaired) electrons. The Labute approximate surface area is 480 Å². The molecule has 0 spiro atoms. The molecule has 4 aliphatic carbocycles. The number of ether oxygens (including phenoxy) is 6. The zero-order valence-electron chi connectivity index (χ0n) is 46.8. The number of phenolic OH excluding ortho intramolecular Hbond substituents is 4. The van der Waals surface area contributed by atoms with Gasteiger partial charge in [0.2, 0.25) is 11.6 Å². The van der Waals surface area contributed by atoms with Gasteiger partial charge in [-0.05, 0) is 39.8 Å². The van der Waals surface area contributed by atoms with Crippen LogP contribution in [-0.4, -0.2) is 150 Å². The highest BCUT2D eigenvalue weighted by molar-refractivity contribution is 6.32. The second-order valence-corrected chi connectivity index (χ2v) is 23.0. The highest BCUT2D eigenvalue weighted by Gasteiger charge is 2.52. The maximum Gasteiger partial charge on any atom is 0.202 e. The minimum Gasteiger partial charge on any atom is -0.507 e. The van der Waals surface area contributed by atoms with E-state index in [2.05, 4.69) is 0 Å². The Morgan fingerprint density at radius 1 is 0.548 bits per heavy atom. The fourth-order valence-electron chi connectivity index (χ4n) is 13.2. The first kappa shape index (κ1) is 58.3. The van der Waals surface area contributed by atoms with E-state index in [9.17, 15) is 69.6 Å². The Bertz CT molecular complexity index is 3370. The van der Waals surface area contributed by atoms with Crippen molar-refractivity contribution in [1.29, 1.82) is 0 Å². The molecule has 2 aliphatic heterocycles. The predicted molar refractivity (Wildman–Crippen MR) is 290 cm³/mol. The molecule has 0 saturated carbocycles. The normalized spacial score (nSPS) is 28.7. The summed E-state index contributed by atoms with van der Waals surface area (Å²) in [6.45, 7) is 6.44. The molecule has 84 heavy (non-hydrogen) atoms. The Balaban J connectivity index is 0.763. The number of ketones is 6. The van der Waals surface area contributed by atoms with E-state index in [-0.39, 0.29) is 68.8 Å². The summed E-state index contributed by atoms with van der Waals surface area (Å²) in [6, 6.07) is 15.4. The molecule has 5 aromatic carbocycles. The van der Waals surface area contributed by atoms with Crippen LogP contribution in [0, 0.1) is 0 Å². The lowest BCUT2D eigenvalue weighted by Gasteiger charge is -2.42. The van der Waals surface area contributed by atoms with Gasteiger partial charge in [-0.25, -0.2) is 0 Å². The lowest BCUT2D eigenvalue weighted by Crippen LogP contribution is -2.93. The van der Waals surface area contributed by atoms with Gasteiger partial charge in [-0.15, -0.1) is 0 Å². The molecule has 5 aromatic rings. The highest BCUT2D eigenvalue weighted by Crippen LogP contribution is 2.55. The number of methoxy groups -OCH3 is 2. The van der Waals surface area contributed by atoms with Gasteiger partial charge >= 0.3 is 0 Å². The third-order valence-electron chi connectivity index (χ3n) is 17.9. The van der Waals surface area contributed by atoms with Gasteiger partial charge in [-0.2, -0.15) is 0 Å². The molecule has 2 saturated heterocycles. The molecule has 11 rings (SSSR count). The van der Waals surface area contributed by atoms with E-state index in [1.165, 1.54) is 64.5 Å². The maximum atomic E-state index is 14.1. The summed E-state index contributed by atoms with van der Waals surface area (Å²) in [4.78, 5) is 82.2. The molecular weight excluding hydrogens is 1090 g/mol. The number of rotatable bonds is 14. The van der Waals surface area contributed by atoms with Crippen LogP contribution >= 0.6 is 0 Å². The largest absolute Gasteiger partial charge is 0.507 e. The minimum atomic E-state index is -2.11. The number of fused-ring (bicyclic) bond motifs is 6. The van der Waals surface area contributed by atoms with E-state index in [0.29, 0.717) is 13.1 Å². The van der Waals surface area contributed by atoms with Crippen molar-refractivity contribution in [3.8, 4) is 34.5 Å². The van der Waals surface area contributed by atoms with Crippen LogP contribution in [0.1, 0.15) is 163 Å². The zero-order valence-corrected chi connectivity index (χ0v) is 46.8. The van der Waals surface area contributed by atoms with Gasteiger partial charge in [0.05, 0.1) is 84.9 Å². The number of Topliss-reactive ketones (excluding diaryl/α,β-unsaturated/α-hetero) is 2. The summed E-state index contributed by atoms with van der Waals surface area (Å²) < 4.78 is 36.0. The summed E-state index contributed by atoms with van der Waals surface area (Å²) >= 11 is 0. The summed E-state index contributed by atoms with van der Waals surface area (Å²) in [5, 5.41) is 97.5. The number of aromatic hydroxyl groups is 4. The third-order valence-corrected chi connectivity index (χ3v) is 17.9. The van der Waals surface area contributed by atoms with Crippen LogP contribution in [0.2, 0.25) is 0 Å². The standard InChI is InChI=1S/C62H64N2O20/c1-25-51(67)35(17-41(81-25)83-39-21-61(77,27(3)65)19-33-45(39)59(75)49-47(55(33)71)53(69)31-9-7-11-37(79-5)43(31)57(49)73)63-23-29-13-15-30(16-14-29)24-64-36-18-42(82-26(2)52(36)68)84-40-22-62(78,28(4)66)20-34-46(40)60(76)50-48(56(34)72)54(70)32-10-8-12-38(80-6)44(32)58(50)74/h7-16,25-26,35-36,39-42,51-52,63-64,67-68,71-72,75-78H,17-24H2,1-6H3/p+2/t25-,26-,35-,36-,39-,40-,41-,42-,51+,52+,61-,62-/m0/s1. The second-order valence-electron chi connectivity index (χ2n) is 23.0. The molecule has 2 fully saturated rings. The van der Waals surface area contributed by atoms with Crippen LogP contribution in [0.5, 0.6) is 34.5 Å². The summed E-state index contributed by atoms with van der Waals surface area (Å²) in [6.07, 6.45) is -10.00. The van der Waals surface area contributed by atoms with E-state index >= 15 is 0 Å². The number of carbonyl (C=O) groups is 6. The number of aliphatic hydroxyl groups excluding tert-OH is 2. The molecule has 0 bridgehead atoms. The van der Waals surface area contributed by atoms with Crippen molar-refractivity contribution in [2.24, 2.45) is 0 Å². The number of nitrogens with two attached hydrogens (primary N) is 2. The first-order valence-corrected chi connectivity index (χ1v) is 27.8. The van der Waals surface area contributed by atoms with Crippen LogP contribution < -0.4 is 20.1 Å². The fraction of sp³-hybridized carbons (Fsp3) is 0.419. The Morgan fingerprint density at radius 3 is 1.25 bits per heavy atom. The van der Waals surface area contributed by atoms with E-state index < -0.39 is 178 Å². The number of hydrogen-bond acceptors (Lipinski definition) is 20. The number of phenols is 4. The first-order valence-electron chi connectivity index (χ1n) is 27.8. The van der Waals surface area contributed by atoms with Gasteiger partial charge < -0.3 is 79.9 Å². The third kappa shape index (κ3) is 9.63. The van der Waals surface area contributed by atoms with Crippen molar-refractivity contribution >= 4 is 34.7 Å². The average Bonchev–Trinajstić information content (AvgIpc) is 1.06. The molecule has 22 heteroatoms. The lowest BCUT2D eigenvalue weighted by atomic mass is 9.72. The monoisotopic (exact) mass is 1160 g/mol. The van der Waals surface area contributed by atoms with Crippen molar-refractivity contribution in [2.75, 3.05) is 14.2 Å². The predicted octanol–water partition coefficient (Wildman–Crippen LogP) is 1.98. The van der Waals surface area contributed by atoms with Crippen LogP contribution in [0.3, 0.4) is 0 Å². The molecular formula is C62H66N2O20+2. The summed E-state index contributed by atoms with van der Waals surface area (Å²) in [5.74, 6) is -6.91. The van der Waals surface area contributed by atoms with Crippen LogP contribution in [0.15, 0.2) is 60.7 Å². The lowest BCUT2D eigenvalue weighted by molar-refractivity contribution is -0.719. The Hall–Kier alpha value is -7.48. The van der Waals surface area contributed by atoms with Gasteiger partial charge in [-0.3, -0.25) is 28.8 Å². The molecule has 0 aromatic heterocycles. The van der Waals surface area contributed by atoms with E-state index in [1.54, 1.807) is 13.8 Å². The van der Waals surface area contributed by atoms with E-state index in [1.807, 2.05) is 34.9 Å². The number of aliphatic hydroxyl groups is 4. The van der Waals surface area contributed by atoms with Crippen molar-refractivity contribution in [1.82, 2.24) is 0 Å². The molecule has 12 atom stereocenters. The molecule has 6 aliphatic rings. The summed E-state index contributed by atoms with van der Waals surface area (Å²) in [7, 11) is 2.65. The topological polar surface area (TPSA) is 353 Å². The average molecular weight is 1160 g/mol. The number of carbonyl (C=O) groups excluding carboxylic acids is 6. The van der Waals surface area contributed by atoms with Gasteiger partial charge in [0.15, 0.2) is 35.7 Å². The SMILES string of the molecule is COc1cccc2c1C(=O)c1c(O)c3c(c(O)c1C2=O)C[C@@](O)(C(C)=O)C[C@@H]3O[C@H]1C[C@H]([NH2+]Cc2ccc(C[NH2+][C@H]3C[C@H](O[C@H]4C[C@](O)(C(C)=O)Cc5c(O)c6c(c(O)c54)C(=O)c4c(OC)cccc4C6=O)O[C@@H](C)[C@H]3O)cc2)[C@H](O)[C@H](C)O1. The molecule has 2 heterocycles. The van der Waals surface area contributed by atoms with Gasteiger partial charge in [0.25, 0.3) is 0 Å². The fourth-order valence-corrected chi connectivity index (χ4v) is 13.2. The molecule has 0 unspecified atom stereocenters. The van der Waals surface area contributed by atoms with Gasteiger partial charge in [0, 0.05) is 70.2 Å². The van der Waals surface area contributed by atoms with Crippen molar-refractivity contribution < 1.29 is 109 Å². The van der Waals surface area contributed by atoms with Crippen LogP contribution in [-0.2, 0) is 54.5 Å². The molecule has 22 nitrogen and oxygen atoms in total. The maximum absolute atomic E-state index is 14.1. The van der Waals surface area contributed by atoms with E-state index in [0.717, 1.165) is 11.1 Å². The van der Waals surface area contributed by atoms with Crippen molar-refractivity contribution in [3.05, 3.63) is 139 Å².